The molecule has 0 aromatic heterocycles. The van der Waals surface area contributed by atoms with Gasteiger partial charge in [-0.2, -0.15) is 13.5 Å². The van der Waals surface area contributed by atoms with Crippen molar-refractivity contribution in [1.29, 1.82) is 0 Å². The zero-order chi connectivity index (χ0) is 13.0. The molecule has 1 N–H and O–H groups in total. The first-order chi connectivity index (χ1) is 8.58. The molecule has 5 heteroatoms. The summed E-state index contributed by atoms with van der Waals surface area (Å²) in [5.74, 6) is 0.596. The average molecular weight is 266 g/mol. The van der Waals surface area contributed by atoms with Gasteiger partial charge in [-0.25, -0.2) is 4.83 Å². The number of nitrogens with zero attached hydrogens (tertiary/aromatic N) is 1. The highest BCUT2D eigenvalue weighted by Gasteiger charge is 2.16. The summed E-state index contributed by atoms with van der Waals surface area (Å²) in [6.07, 6.45) is 4.07. The first kappa shape index (κ1) is 13.1. The van der Waals surface area contributed by atoms with Crippen LogP contribution in [0.2, 0.25) is 0 Å². The predicted molar refractivity (Wildman–Crippen MR) is 71.8 cm³/mol. The number of sulfonamides is 1. The Morgan fingerprint density at radius 3 is 2.67 bits per heavy atom. The number of benzene rings is 1. The summed E-state index contributed by atoms with van der Waals surface area (Å²) in [5.41, 5.74) is 0.952. The molecule has 0 amide bonds. The molecule has 98 valence electrons. The Balaban J connectivity index is 2.07. The molecule has 1 aliphatic carbocycles. The maximum atomic E-state index is 11.9. The second-order valence-electron chi connectivity index (χ2n) is 4.79. The van der Waals surface area contributed by atoms with Crippen molar-refractivity contribution in [2.45, 2.75) is 37.5 Å². The van der Waals surface area contributed by atoms with Crippen molar-refractivity contribution >= 4 is 15.7 Å². The minimum absolute atomic E-state index is 0.248. The molecule has 1 aromatic rings. The number of hydrogen-bond donors (Lipinski definition) is 1. The zero-order valence-electron chi connectivity index (χ0n) is 10.5. The van der Waals surface area contributed by atoms with Crippen molar-refractivity contribution < 1.29 is 8.42 Å². The molecule has 1 saturated carbocycles. The van der Waals surface area contributed by atoms with Crippen LogP contribution in [0.15, 0.2) is 40.3 Å². The third-order valence-electron chi connectivity index (χ3n) is 3.12. The molecule has 18 heavy (non-hydrogen) atoms. The summed E-state index contributed by atoms with van der Waals surface area (Å²) in [4.78, 5) is 2.57. The zero-order valence-corrected chi connectivity index (χ0v) is 11.3. The lowest BCUT2D eigenvalue weighted by Gasteiger charge is -2.19. The fourth-order valence-electron chi connectivity index (χ4n) is 2.14. The molecule has 4 nitrogen and oxygen atoms in total. The topological polar surface area (TPSA) is 58.5 Å². The number of hydrogen-bond acceptors (Lipinski definition) is 3. The highest BCUT2D eigenvalue weighted by Crippen LogP contribution is 2.21. The van der Waals surface area contributed by atoms with Gasteiger partial charge in [0.05, 0.1) is 4.90 Å². The first-order valence-corrected chi connectivity index (χ1v) is 7.68. The molecule has 2 rings (SSSR count). The van der Waals surface area contributed by atoms with Gasteiger partial charge in [-0.05, 0) is 43.7 Å². The van der Waals surface area contributed by atoms with Gasteiger partial charge in [-0.3, -0.25) is 0 Å². The fourth-order valence-corrected chi connectivity index (χ4v) is 3.01. The van der Waals surface area contributed by atoms with Gasteiger partial charge in [0.2, 0.25) is 0 Å². The van der Waals surface area contributed by atoms with E-state index in [1.807, 2.05) is 0 Å². The van der Waals surface area contributed by atoms with E-state index in [4.69, 9.17) is 0 Å². The molecule has 1 aliphatic rings. The lowest BCUT2D eigenvalue weighted by Crippen LogP contribution is -2.22. The number of hydrazone groups is 1. The van der Waals surface area contributed by atoms with Gasteiger partial charge in [0, 0.05) is 5.71 Å². The van der Waals surface area contributed by atoms with Crippen LogP contribution in [-0.2, 0) is 10.0 Å². The predicted octanol–water partition coefficient (Wildman–Crippen LogP) is 2.53. The largest absolute Gasteiger partial charge is 0.276 e. The third kappa shape index (κ3) is 3.32. The van der Waals surface area contributed by atoms with Crippen molar-refractivity contribution in [1.82, 2.24) is 4.83 Å². The third-order valence-corrected chi connectivity index (χ3v) is 4.35. The van der Waals surface area contributed by atoms with Gasteiger partial charge in [0.1, 0.15) is 0 Å². The normalized spacial score (nSPS) is 22.9. The molecule has 0 saturated heterocycles. The number of nitrogens with one attached hydrogen (secondary N) is 1. The van der Waals surface area contributed by atoms with Crippen molar-refractivity contribution in [3.8, 4) is 0 Å². The first-order valence-electron chi connectivity index (χ1n) is 6.20. The molecular formula is C13H18N2O2S. The van der Waals surface area contributed by atoms with E-state index in [1.165, 1.54) is 6.42 Å². The van der Waals surface area contributed by atoms with Gasteiger partial charge < -0.3 is 0 Å². The SMILES string of the molecule is CC1CCCC(=NNS(=O)(=O)c2ccccc2)C1. The smallest absolute Gasteiger partial charge is 0.200 e. The van der Waals surface area contributed by atoms with Crippen LogP contribution in [0, 0.1) is 5.92 Å². The van der Waals surface area contributed by atoms with Gasteiger partial charge in [-0.1, -0.05) is 25.1 Å². The van der Waals surface area contributed by atoms with Crippen LogP contribution in [-0.4, -0.2) is 14.1 Å². The van der Waals surface area contributed by atoms with Crippen molar-refractivity contribution in [2.24, 2.45) is 11.0 Å². The quantitative estimate of drug-likeness (QED) is 0.855. The summed E-state index contributed by atoms with van der Waals surface area (Å²) in [5, 5.41) is 4.06. The van der Waals surface area contributed by atoms with Crippen molar-refractivity contribution in [3.05, 3.63) is 30.3 Å². The minimum atomic E-state index is -3.51. The van der Waals surface area contributed by atoms with Crippen LogP contribution >= 0.6 is 0 Å². The van der Waals surface area contributed by atoms with Crippen LogP contribution in [0.4, 0.5) is 0 Å². The lowest BCUT2D eigenvalue weighted by atomic mass is 9.89. The van der Waals surface area contributed by atoms with Gasteiger partial charge in [-0.15, -0.1) is 0 Å². The Hall–Kier alpha value is -1.36. The molecule has 1 unspecified atom stereocenters. The molecule has 1 aromatic carbocycles. The maximum absolute atomic E-state index is 11.9. The average Bonchev–Trinajstić information content (AvgIpc) is 2.38. The van der Waals surface area contributed by atoms with Crippen molar-refractivity contribution in [2.75, 3.05) is 0 Å². The van der Waals surface area contributed by atoms with Gasteiger partial charge in [0.25, 0.3) is 10.0 Å². The summed E-state index contributed by atoms with van der Waals surface area (Å²) < 4.78 is 23.9. The molecule has 0 radical (unpaired) electrons. The van der Waals surface area contributed by atoms with Crippen LogP contribution in [0.25, 0.3) is 0 Å². The summed E-state index contributed by atoms with van der Waals surface area (Å²) in [6, 6.07) is 8.31. The van der Waals surface area contributed by atoms with Gasteiger partial charge in [0.15, 0.2) is 0 Å². The number of rotatable bonds is 3. The fraction of sp³-hybridized carbons (Fsp3) is 0.462. The van der Waals surface area contributed by atoms with Crippen LogP contribution in [0.1, 0.15) is 32.6 Å². The molecule has 0 heterocycles. The van der Waals surface area contributed by atoms with E-state index < -0.39 is 10.0 Å². The maximum Gasteiger partial charge on any atom is 0.276 e. The Morgan fingerprint density at radius 2 is 2.00 bits per heavy atom. The van der Waals surface area contributed by atoms with Crippen molar-refractivity contribution in [3.63, 3.8) is 0 Å². The molecule has 0 bridgehead atoms. The van der Waals surface area contributed by atoms with E-state index in [0.29, 0.717) is 5.92 Å². The highest BCUT2D eigenvalue weighted by molar-refractivity contribution is 7.89. The molecule has 0 aliphatic heterocycles. The Labute approximate surface area is 108 Å². The summed E-state index contributed by atoms with van der Waals surface area (Å²) in [7, 11) is -3.51. The second kappa shape index (κ2) is 5.52. The molecule has 1 fully saturated rings. The highest BCUT2D eigenvalue weighted by atomic mass is 32.2. The van der Waals surface area contributed by atoms with E-state index in [0.717, 1.165) is 25.0 Å². The summed E-state index contributed by atoms with van der Waals surface area (Å²) >= 11 is 0. The van der Waals surface area contributed by atoms with E-state index in [-0.39, 0.29) is 4.90 Å². The second-order valence-corrected chi connectivity index (χ2v) is 6.45. The molecule has 0 spiro atoms. The molecule has 1 atom stereocenters. The van der Waals surface area contributed by atoms with Crippen LogP contribution in [0.3, 0.4) is 0 Å². The van der Waals surface area contributed by atoms with E-state index in [9.17, 15) is 8.42 Å². The van der Waals surface area contributed by atoms with E-state index >= 15 is 0 Å². The lowest BCUT2D eigenvalue weighted by molar-refractivity contribution is 0.498. The monoisotopic (exact) mass is 266 g/mol. The van der Waals surface area contributed by atoms with E-state index in [2.05, 4.69) is 16.9 Å². The Bertz CT molecular complexity index is 523. The standard InChI is InChI=1S/C13H18N2O2S/c1-11-6-5-7-12(10-11)14-15-18(16,17)13-8-3-2-4-9-13/h2-4,8-9,11,15H,5-7,10H2,1H3. The molecular weight excluding hydrogens is 248 g/mol. The Morgan fingerprint density at radius 1 is 1.28 bits per heavy atom. The van der Waals surface area contributed by atoms with Gasteiger partial charge >= 0.3 is 0 Å². The van der Waals surface area contributed by atoms with E-state index in [1.54, 1.807) is 30.3 Å². The minimum Gasteiger partial charge on any atom is -0.200 e. The summed E-state index contributed by atoms with van der Waals surface area (Å²) in [6.45, 7) is 2.17. The Kier molecular flexibility index (Phi) is 4.01. The van der Waals surface area contributed by atoms with Crippen LogP contribution < -0.4 is 4.83 Å². The van der Waals surface area contributed by atoms with Crippen LogP contribution in [0.5, 0.6) is 0 Å².